The molecule has 4 N–H and O–H groups in total. The number of Topliss-reactive ketones (excluding diaryl/α,β-unsaturated/α-hetero) is 1. The molecule has 4 rings (SSSR count). The van der Waals surface area contributed by atoms with Crippen molar-refractivity contribution in [2.24, 2.45) is 0 Å². The number of ketones is 1. The second kappa shape index (κ2) is 4.09. The molecule has 0 aromatic heterocycles. The fraction of sp³-hybridized carbons (Fsp3) is 0.0556. The summed E-state index contributed by atoms with van der Waals surface area (Å²) in [5, 5.41) is 6.12. The van der Waals surface area contributed by atoms with Gasteiger partial charge in [0.2, 0.25) is 0 Å². The minimum Gasteiger partial charge on any atom is -0.399 e. The van der Waals surface area contributed by atoms with Crippen molar-refractivity contribution in [1.82, 2.24) is 0 Å². The highest BCUT2D eigenvalue weighted by Crippen LogP contribution is 2.28. The summed E-state index contributed by atoms with van der Waals surface area (Å²) < 4.78 is 0. The highest BCUT2D eigenvalue weighted by molar-refractivity contribution is 6.15. The van der Waals surface area contributed by atoms with Crippen LogP contribution in [-0.4, -0.2) is 5.78 Å². The number of carbonyl (C=O) groups is 1. The second-order valence-electron chi connectivity index (χ2n) is 5.45. The third-order valence-corrected chi connectivity index (χ3v) is 4.11. The van der Waals surface area contributed by atoms with Crippen molar-refractivity contribution in [1.29, 1.82) is 0 Å². The largest absolute Gasteiger partial charge is 0.399 e. The van der Waals surface area contributed by atoms with Crippen molar-refractivity contribution >= 4 is 50.9 Å². The summed E-state index contributed by atoms with van der Waals surface area (Å²) in [5.41, 5.74) is 13.6. The predicted octanol–water partition coefficient (Wildman–Crippen LogP) is 1.69. The Kier molecular flexibility index (Phi) is 2.33. The number of carbonyl (C=O) groups excluding carboxylic acids is 1. The molecule has 3 heteroatoms. The first-order valence-electron chi connectivity index (χ1n) is 6.89. The van der Waals surface area contributed by atoms with Crippen LogP contribution in [0.15, 0.2) is 36.4 Å². The van der Waals surface area contributed by atoms with Crippen LogP contribution in [-0.2, 0) is 4.79 Å². The zero-order chi connectivity index (χ0) is 14.6. The maximum Gasteiger partial charge on any atom is 0.160 e. The van der Waals surface area contributed by atoms with Crippen molar-refractivity contribution in [3.05, 3.63) is 46.8 Å². The van der Waals surface area contributed by atoms with Crippen LogP contribution in [0.3, 0.4) is 0 Å². The van der Waals surface area contributed by atoms with Crippen molar-refractivity contribution in [3.63, 3.8) is 0 Å². The van der Waals surface area contributed by atoms with Gasteiger partial charge >= 0.3 is 0 Å². The third kappa shape index (κ3) is 1.71. The van der Waals surface area contributed by atoms with Crippen molar-refractivity contribution in [2.75, 3.05) is 11.5 Å². The molecule has 0 fully saturated rings. The number of nitrogens with two attached hydrogens (primary N) is 2. The summed E-state index contributed by atoms with van der Waals surface area (Å²) >= 11 is 0. The normalized spacial score (nSPS) is 13.8. The molecule has 102 valence electrons. The Hall–Kier alpha value is -2.81. The summed E-state index contributed by atoms with van der Waals surface area (Å²) in [4.78, 5) is 11.6. The van der Waals surface area contributed by atoms with Gasteiger partial charge in [0.25, 0.3) is 0 Å². The zero-order valence-corrected chi connectivity index (χ0v) is 11.4. The second-order valence-corrected chi connectivity index (χ2v) is 5.45. The third-order valence-electron chi connectivity index (χ3n) is 4.11. The first-order valence-corrected chi connectivity index (χ1v) is 6.89. The van der Waals surface area contributed by atoms with E-state index in [1.54, 1.807) is 6.08 Å². The van der Waals surface area contributed by atoms with Gasteiger partial charge < -0.3 is 11.5 Å². The molecule has 0 atom stereocenters. The maximum atomic E-state index is 11.6. The van der Waals surface area contributed by atoms with Gasteiger partial charge in [-0.3, -0.25) is 4.79 Å². The predicted molar refractivity (Wildman–Crippen MR) is 88.1 cm³/mol. The summed E-state index contributed by atoms with van der Waals surface area (Å²) in [6, 6.07) is 12.0. The highest BCUT2D eigenvalue weighted by Gasteiger charge is 2.09. The Labute approximate surface area is 121 Å². The lowest BCUT2D eigenvalue weighted by molar-refractivity contribution is -0.112. The molecule has 0 amide bonds. The molecule has 0 aliphatic heterocycles. The van der Waals surface area contributed by atoms with E-state index < -0.39 is 0 Å². The number of nitrogen functional groups attached to an aromatic ring is 2. The van der Waals surface area contributed by atoms with E-state index in [9.17, 15) is 4.79 Å². The number of anilines is 2. The molecule has 3 nitrogen and oxygen atoms in total. The van der Waals surface area contributed by atoms with Gasteiger partial charge in [-0.25, -0.2) is 0 Å². The Bertz CT molecular complexity index is 1050. The van der Waals surface area contributed by atoms with Gasteiger partial charge in [0.05, 0.1) is 0 Å². The van der Waals surface area contributed by atoms with Crippen LogP contribution in [0.4, 0.5) is 11.4 Å². The lowest BCUT2D eigenvalue weighted by Gasteiger charge is -2.10. The molecule has 0 saturated carbocycles. The number of hydrogen-bond donors (Lipinski definition) is 2. The van der Waals surface area contributed by atoms with Gasteiger partial charge in [0.1, 0.15) is 0 Å². The fourth-order valence-corrected chi connectivity index (χ4v) is 3.05. The van der Waals surface area contributed by atoms with Crippen LogP contribution in [0, 0.1) is 0 Å². The molecule has 0 bridgehead atoms. The minimum atomic E-state index is 0.0959. The Morgan fingerprint density at radius 1 is 0.905 bits per heavy atom. The zero-order valence-electron chi connectivity index (χ0n) is 11.4. The number of fused-ring (bicyclic) bond motifs is 4. The Morgan fingerprint density at radius 2 is 1.71 bits per heavy atom. The monoisotopic (exact) mass is 274 g/mol. The van der Waals surface area contributed by atoms with E-state index >= 15 is 0 Å². The smallest absolute Gasteiger partial charge is 0.160 e. The molecule has 0 heterocycles. The summed E-state index contributed by atoms with van der Waals surface area (Å²) in [5.74, 6) is 0.0959. The first kappa shape index (κ1) is 12.0. The van der Waals surface area contributed by atoms with Crippen molar-refractivity contribution in [2.45, 2.75) is 6.42 Å². The van der Waals surface area contributed by atoms with E-state index in [0.29, 0.717) is 12.1 Å². The van der Waals surface area contributed by atoms with E-state index in [4.69, 9.17) is 11.5 Å². The van der Waals surface area contributed by atoms with Crippen LogP contribution in [0.2, 0.25) is 0 Å². The fourth-order valence-electron chi connectivity index (χ4n) is 3.05. The summed E-state index contributed by atoms with van der Waals surface area (Å²) in [6.07, 6.45) is 4.02. The molecule has 0 radical (unpaired) electrons. The lowest BCUT2D eigenvalue weighted by atomic mass is 9.96. The highest BCUT2D eigenvalue weighted by atomic mass is 16.1. The molecule has 0 unspecified atom stereocenters. The van der Waals surface area contributed by atoms with E-state index in [-0.39, 0.29) is 5.78 Å². The number of benzene rings is 3. The summed E-state index contributed by atoms with van der Waals surface area (Å²) in [6.45, 7) is 0. The van der Waals surface area contributed by atoms with Crippen LogP contribution in [0.1, 0.15) is 6.42 Å². The molecule has 0 saturated heterocycles. The van der Waals surface area contributed by atoms with Crippen LogP contribution in [0.5, 0.6) is 0 Å². The maximum absolute atomic E-state index is 11.6. The van der Waals surface area contributed by atoms with Crippen molar-refractivity contribution < 1.29 is 4.79 Å². The molecule has 21 heavy (non-hydrogen) atoms. The molecule has 3 aromatic carbocycles. The van der Waals surface area contributed by atoms with Gasteiger partial charge in [0.15, 0.2) is 5.78 Å². The van der Waals surface area contributed by atoms with E-state index in [1.807, 2.05) is 36.4 Å². The number of rotatable bonds is 0. The van der Waals surface area contributed by atoms with Gasteiger partial charge in [-0.2, -0.15) is 0 Å². The molecule has 1 aliphatic rings. The average Bonchev–Trinajstić information content (AvgIpc) is 2.48. The molecule has 3 aromatic rings. The van der Waals surface area contributed by atoms with E-state index in [0.717, 1.165) is 37.7 Å². The topological polar surface area (TPSA) is 69.1 Å². The van der Waals surface area contributed by atoms with Gasteiger partial charge in [-0.05, 0) is 45.7 Å². The van der Waals surface area contributed by atoms with Crippen molar-refractivity contribution in [3.8, 4) is 0 Å². The van der Waals surface area contributed by atoms with E-state index in [2.05, 4.69) is 6.07 Å². The van der Waals surface area contributed by atoms with E-state index in [1.165, 1.54) is 0 Å². The molecule has 0 spiro atoms. The van der Waals surface area contributed by atoms with Crippen LogP contribution in [0.25, 0.3) is 33.7 Å². The SMILES string of the molecule is Nc1ccc2ccc3c(N)c4c(cc3c2c1)=CCC(=O)C=4. The molecular weight excluding hydrogens is 260 g/mol. The lowest BCUT2D eigenvalue weighted by Crippen LogP contribution is -2.32. The van der Waals surface area contributed by atoms with Crippen LogP contribution >= 0.6 is 0 Å². The quantitative estimate of drug-likeness (QED) is 0.484. The van der Waals surface area contributed by atoms with Crippen LogP contribution < -0.4 is 21.9 Å². The molecule has 1 aliphatic carbocycles. The minimum absolute atomic E-state index is 0.0959. The first-order chi connectivity index (χ1) is 10.1. The standard InChI is InChI=1S/C18H14N2O/c19-12-4-1-10-3-6-14-17(15(10)8-12)7-11-2-5-13(21)9-16(11)18(14)20/h1-4,6-9H,5,19-20H2. The van der Waals surface area contributed by atoms with Gasteiger partial charge in [-0.15, -0.1) is 0 Å². The summed E-state index contributed by atoms with van der Waals surface area (Å²) in [7, 11) is 0. The van der Waals surface area contributed by atoms with Gasteiger partial charge in [-0.1, -0.05) is 24.3 Å². The number of hydrogen-bond acceptors (Lipinski definition) is 3. The molecular formula is C18H14N2O. The average molecular weight is 274 g/mol. The van der Waals surface area contributed by atoms with Gasteiger partial charge in [0, 0.05) is 28.4 Å². The Balaban J connectivity index is 2.28. The Morgan fingerprint density at radius 3 is 2.57 bits per heavy atom.